The molecule has 2 atom stereocenters. The number of alkyl halides is 3. The monoisotopic (exact) mass is 587 g/mol. The SMILES string of the molecule is Cn1nnnc1[S@@](=N)(=O)N1CCC2=Cc3c(cnn3-c3ccc(F)cc3)C[C@]2(C(=O)c2cc(C(F)(F)F)ccn2)C1. The maximum Gasteiger partial charge on any atom is 0.416 e. The molecule has 6 rings (SSSR count). The molecule has 0 bridgehead atoms. The number of hydrogen-bond acceptors (Lipinski definition) is 8. The van der Waals surface area contributed by atoms with Crippen LogP contribution in [0.3, 0.4) is 0 Å². The number of piperidine rings is 1. The summed E-state index contributed by atoms with van der Waals surface area (Å²) in [6, 6.07) is 7.16. The number of tetrazole rings is 1. The molecule has 1 saturated heterocycles. The molecule has 4 aromatic rings. The number of pyridine rings is 1. The molecule has 0 spiro atoms. The van der Waals surface area contributed by atoms with Crippen LogP contribution in [0, 0.1) is 16.0 Å². The normalized spacial score (nSPS) is 20.6. The lowest BCUT2D eigenvalue weighted by Gasteiger charge is -2.45. The number of Topliss-reactive ketones (excluding diaryl/α,β-unsaturated/α-hetero) is 1. The minimum atomic E-state index is -4.70. The summed E-state index contributed by atoms with van der Waals surface area (Å²) in [5, 5.41) is 15.1. The van der Waals surface area contributed by atoms with Crippen molar-refractivity contribution in [3.8, 4) is 5.69 Å². The Labute approximate surface area is 230 Å². The number of benzene rings is 1. The molecule has 3 aromatic heterocycles. The van der Waals surface area contributed by atoms with Crippen LogP contribution in [0.4, 0.5) is 17.6 Å². The first-order chi connectivity index (χ1) is 19.4. The third kappa shape index (κ3) is 4.42. The molecular formula is C25H21F4N9O2S. The van der Waals surface area contributed by atoms with Crippen LogP contribution in [0.5, 0.6) is 0 Å². The van der Waals surface area contributed by atoms with Crippen molar-refractivity contribution in [2.75, 3.05) is 13.1 Å². The number of carbonyl (C=O) groups excluding carboxylic acids is 1. The Morgan fingerprint density at radius 3 is 2.61 bits per heavy atom. The molecule has 212 valence electrons. The molecule has 41 heavy (non-hydrogen) atoms. The van der Waals surface area contributed by atoms with E-state index < -0.39 is 44.4 Å². The van der Waals surface area contributed by atoms with Gasteiger partial charge >= 0.3 is 6.18 Å². The number of ketones is 1. The van der Waals surface area contributed by atoms with Crippen LogP contribution < -0.4 is 0 Å². The molecule has 2 aliphatic rings. The van der Waals surface area contributed by atoms with Crippen LogP contribution in [0.2, 0.25) is 0 Å². The molecule has 1 aromatic carbocycles. The van der Waals surface area contributed by atoms with Gasteiger partial charge in [-0.2, -0.15) is 18.3 Å². The van der Waals surface area contributed by atoms with Crippen LogP contribution in [0.15, 0.2) is 59.5 Å². The number of rotatable bonds is 5. The van der Waals surface area contributed by atoms with Gasteiger partial charge in [0.05, 0.1) is 28.6 Å². The highest BCUT2D eigenvalue weighted by Gasteiger charge is 2.51. The number of carbonyl (C=O) groups is 1. The van der Waals surface area contributed by atoms with Crippen molar-refractivity contribution in [2.24, 2.45) is 12.5 Å². The van der Waals surface area contributed by atoms with E-state index in [1.165, 1.54) is 29.7 Å². The fraction of sp³-hybridized carbons (Fsp3) is 0.280. The third-order valence-electron chi connectivity index (χ3n) is 7.40. The predicted octanol–water partition coefficient (Wildman–Crippen LogP) is 3.48. The Balaban J connectivity index is 1.48. The standard InChI is InChI=1S/C25H21F4N9O2S/c1-36-23(33-34-35-36)41(30,40)37-9-7-16-11-21-15(13-32-38(21)19-4-2-18(26)3-5-19)12-24(16,14-37)22(39)20-10-17(6-8-31-20)25(27,28)29/h2-6,8,10-11,13,30H,7,9,12,14H2,1H3/t24-,41-/m0/s1. The van der Waals surface area contributed by atoms with Crippen LogP contribution in [0.25, 0.3) is 11.8 Å². The Morgan fingerprint density at radius 2 is 1.93 bits per heavy atom. The van der Waals surface area contributed by atoms with E-state index in [0.29, 0.717) is 28.6 Å². The highest BCUT2D eigenvalue weighted by Crippen LogP contribution is 2.47. The van der Waals surface area contributed by atoms with Gasteiger partial charge in [-0.1, -0.05) is 10.7 Å². The van der Waals surface area contributed by atoms with E-state index in [2.05, 4.69) is 25.6 Å². The van der Waals surface area contributed by atoms with Gasteiger partial charge in [0, 0.05) is 26.3 Å². The van der Waals surface area contributed by atoms with Gasteiger partial charge in [-0.3, -0.25) is 9.78 Å². The Bertz CT molecular complexity index is 1810. The average Bonchev–Trinajstić information content (AvgIpc) is 3.57. The number of aryl methyl sites for hydroxylation is 1. The van der Waals surface area contributed by atoms with Crippen molar-refractivity contribution in [1.29, 1.82) is 4.78 Å². The summed E-state index contributed by atoms with van der Waals surface area (Å²) in [6.07, 6.45) is -0.333. The lowest BCUT2D eigenvalue weighted by atomic mass is 9.65. The van der Waals surface area contributed by atoms with Crippen molar-refractivity contribution in [3.05, 3.63) is 82.7 Å². The van der Waals surface area contributed by atoms with Gasteiger partial charge in [0.15, 0.2) is 15.7 Å². The second-order valence-electron chi connectivity index (χ2n) is 9.85. The molecule has 0 radical (unpaired) electrons. The van der Waals surface area contributed by atoms with E-state index in [1.807, 2.05) is 0 Å². The lowest BCUT2D eigenvalue weighted by Crippen LogP contribution is -2.53. The molecule has 11 nitrogen and oxygen atoms in total. The zero-order valence-electron chi connectivity index (χ0n) is 21.3. The molecule has 0 amide bonds. The van der Waals surface area contributed by atoms with Gasteiger partial charge in [0.1, 0.15) is 11.5 Å². The van der Waals surface area contributed by atoms with Crippen LogP contribution in [-0.2, 0) is 29.6 Å². The summed E-state index contributed by atoms with van der Waals surface area (Å²) >= 11 is 0. The van der Waals surface area contributed by atoms with Crippen LogP contribution >= 0.6 is 0 Å². The fourth-order valence-electron chi connectivity index (χ4n) is 5.37. The first-order valence-electron chi connectivity index (χ1n) is 12.3. The second-order valence-corrected chi connectivity index (χ2v) is 11.8. The predicted molar refractivity (Wildman–Crippen MR) is 135 cm³/mol. The summed E-state index contributed by atoms with van der Waals surface area (Å²) in [6.45, 7) is -0.169. The third-order valence-corrected chi connectivity index (χ3v) is 9.28. The van der Waals surface area contributed by atoms with E-state index in [0.717, 1.165) is 16.9 Å². The molecule has 1 N–H and O–H groups in total. The summed E-state index contributed by atoms with van der Waals surface area (Å²) in [5.74, 6) is -1.12. The maximum atomic E-state index is 14.2. The number of nitrogens with zero attached hydrogens (tertiary/aromatic N) is 8. The number of halogens is 4. The minimum Gasteiger partial charge on any atom is -0.291 e. The Hall–Kier alpha value is -4.31. The number of fused-ring (bicyclic) bond motifs is 2. The smallest absolute Gasteiger partial charge is 0.291 e. The first-order valence-corrected chi connectivity index (χ1v) is 13.8. The molecule has 1 aliphatic heterocycles. The van der Waals surface area contributed by atoms with E-state index in [4.69, 9.17) is 4.78 Å². The first kappa shape index (κ1) is 26.9. The molecular weight excluding hydrogens is 566 g/mol. The quantitative estimate of drug-likeness (QED) is 0.279. The molecule has 1 aliphatic carbocycles. The van der Waals surface area contributed by atoms with Gasteiger partial charge < -0.3 is 0 Å². The van der Waals surface area contributed by atoms with E-state index in [-0.39, 0.29) is 31.1 Å². The van der Waals surface area contributed by atoms with Crippen molar-refractivity contribution < 1.29 is 26.6 Å². The van der Waals surface area contributed by atoms with Gasteiger partial charge in [0.25, 0.3) is 5.16 Å². The highest BCUT2D eigenvalue weighted by molar-refractivity contribution is 7.90. The van der Waals surface area contributed by atoms with Gasteiger partial charge in [-0.05, 0) is 71.3 Å². The number of hydrogen-bond donors (Lipinski definition) is 1. The Kier molecular flexibility index (Phi) is 6.15. The zero-order chi connectivity index (χ0) is 29.2. The van der Waals surface area contributed by atoms with Crippen molar-refractivity contribution in [3.63, 3.8) is 0 Å². The average molecular weight is 588 g/mol. The van der Waals surface area contributed by atoms with Crippen molar-refractivity contribution in [1.82, 2.24) is 39.3 Å². The molecule has 16 heteroatoms. The van der Waals surface area contributed by atoms with E-state index >= 15 is 0 Å². The van der Waals surface area contributed by atoms with Gasteiger partial charge in [0.2, 0.25) is 0 Å². The molecule has 1 fully saturated rings. The largest absolute Gasteiger partial charge is 0.416 e. The van der Waals surface area contributed by atoms with Gasteiger partial charge in [-0.25, -0.2) is 27.0 Å². The summed E-state index contributed by atoms with van der Waals surface area (Å²) in [5.41, 5.74) is -0.569. The highest BCUT2D eigenvalue weighted by atomic mass is 32.2. The van der Waals surface area contributed by atoms with E-state index in [9.17, 15) is 26.6 Å². The molecule has 0 saturated carbocycles. The van der Waals surface area contributed by atoms with Crippen molar-refractivity contribution >= 4 is 21.8 Å². The molecule has 4 heterocycles. The fourth-order valence-corrected chi connectivity index (χ4v) is 6.89. The topological polar surface area (TPSA) is 136 Å². The molecule has 0 unspecified atom stereocenters. The van der Waals surface area contributed by atoms with E-state index in [1.54, 1.807) is 22.9 Å². The Morgan fingerprint density at radius 1 is 1.17 bits per heavy atom. The maximum absolute atomic E-state index is 14.2. The van der Waals surface area contributed by atoms with Crippen LogP contribution in [0.1, 0.15) is 33.7 Å². The lowest BCUT2D eigenvalue weighted by molar-refractivity contribution is -0.137. The van der Waals surface area contributed by atoms with Gasteiger partial charge in [-0.15, -0.1) is 0 Å². The summed E-state index contributed by atoms with van der Waals surface area (Å²) in [7, 11) is -2.35. The van der Waals surface area contributed by atoms with Crippen LogP contribution in [-0.4, -0.2) is 62.4 Å². The minimum absolute atomic E-state index is 0.00476. The summed E-state index contributed by atoms with van der Waals surface area (Å²) < 4.78 is 80.5. The number of nitrogens with one attached hydrogen (secondary N) is 1. The van der Waals surface area contributed by atoms with Crippen molar-refractivity contribution in [2.45, 2.75) is 24.2 Å². The second kappa shape index (κ2) is 9.37. The number of aromatic nitrogens is 7. The summed E-state index contributed by atoms with van der Waals surface area (Å²) in [4.78, 5) is 18.2. The zero-order valence-corrected chi connectivity index (χ0v) is 22.2.